The Kier molecular flexibility index (Phi) is 4.09. The van der Waals surface area contributed by atoms with Crippen molar-refractivity contribution in [3.8, 4) is 5.75 Å². The predicted octanol–water partition coefficient (Wildman–Crippen LogP) is 1.34. The van der Waals surface area contributed by atoms with E-state index in [2.05, 4.69) is 0 Å². The summed E-state index contributed by atoms with van der Waals surface area (Å²) in [4.78, 5) is 22.1. The maximum Gasteiger partial charge on any atom is 0.339 e. The first-order valence-corrected chi connectivity index (χ1v) is 5.26. The van der Waals surface area contributed by atoms with Crippen molar-refractivity contribution < 1.29 is 19.4 Å². The van der Waals surface area contributed by atoms with Crippen molar-refractivity contribution in [1.29, 1.82) is 0 Å². The van der Waals surface area contributed by atoms with Gasteiger partial charge in [0.2, 0.25) is 0 Å². The molecule has 5 nitrogen and oxygen atoms in total. The molecule has 3 N–H and O–H groups in total. The lowest BCUT2D eigenvalue weighted by Crippen LogP contribution is -2.33. The second-order valence-electron chi connectivity index (χ2n) is 3.67. The average molecular weight is 237 g/mol. The molecular weight excluding hydrogens is 222 g/mol. The molecule has 0 aliphatic rings. The number of carboxylic acid groups (broad SMARTS) is 1. The molecular formula is C12H15NO4. The molecule has 1 aromatic carbocycles. The molecule has 0 saturated carbocycles. The molecule has 0 radical (unpaired) electrons. The van der Waals surface area contributed by atoms with Crippen molar-refractivity contribution >= 4 is 11.9 Å². The smallest absolute Gasteiger partial charge is 0.339 e. The van der Waals surface area contributed by atoms with E-state index in [4.69, 9.17) is 15.6 Å². The molecule has 0 aliphatic heterocycles. The van der Waals surface area contributed by atoms with Crippen LogP contribution in [0.2, 0.25) is 0 Å². The summed E-state index contributed by atoms with van der Waals surface area (Å²) < 4.78 is 5.39. The van der Waals surface area contributed by atoms with Crippen molar-refractivity contribution in [3.05, 3.63) is 29.3 Å². The molecule has 0 aromatic heterocycles. The first-order chi connectivity index (χ1) is 7.97. The van der Waals surface area contributed by atoms with E-state index in [-0.39, 0.29) is 11.3 Å². The van der Waals surface area contributed by atoms with Gasteiger partial charge in [0.25, 0.3) is 5.91 Å². The van der Waals surface area contributed by atoms with Gasteiger partial charge in [-0.15, -0.1) is 0 Å². The Balaban J connectivity index is 3.12. The van der Waals surface area contributed by atoms with Crippen LogP contribution in [0.25, 0.3) is 0 Å². The van der Waals surface area contributed by atoms with Gasteiger partial charge in [-0.1, -0.05) is 19.1 Å². The Morgan fingerprint density at radius 2 is 2.12 bits per heavy atom. The van der Waals surface area contributed by atoms with E-state index >= 15 is 0 Å². The van der Waals surface area contributed by atoms with Crippen molar-refractivity contribution in [2.24, 2.45) is 5.73 Å². The predicted molar refractivity (Wildman–Crippen MR) is 62.0 cm³/mol. The van der Waals surface area contributed by atoms with Gasteiger partial charge in [0.15, 0.2) is 6.10 Å². The van der Waals surface area contributed by atoms with Crippen LogP contribution in [0.3, 0.4) is 0 Å². The number of nitrogens with two attached hydrogens (primary N) is 1. The largest absolute Gasteiger partial charge is 0.479 e. The van der Waals surface area contributed by atoms with Crippen LogP contribution in [-0.4, -0.2) is 23.1 Å². The van der Waals surface area contributed by atoms with Gasteiger partial charge < -0.3 is 15.6 Å². The maximum absolute atomic E-state index is 11.1. The molecule has 0 heterocycles. The molecule has 0 fully saturated rings. The number of primary amides is 1. The summed E-state index contributed by atoms with van der Waals surface area (Å²) in [6, 6.07) is 4.77. The van der Waals surface area contributed by atoms with Crippen LogP contribution in [0.4, 0.5) is 0 Å². The van der Waals surface area contributed by atoms with Crippen molar-refractivity contribution in [2.75, 3.05) is 0 Å². The lowest BCUT2D eigenvalue weighted by atomic mass is 10.1. The number of rotatable bonds is 5. The zero-order valence-corrected chi connectivity index (χ0v) is 9.77. The fourth-order valence-corrected chi connectivity index (χ4v) is 1.46. The number of ether oxygens (including phenoxy) is 1. The first-order valence-electron chi connectivity index (χ1n) is 5.26. The number of benzene rings is 1. The fraction of sp³-hybridized carbons (Fsp3) is 0.333. The zero-order valence-electron chi connectivity index (χ0n) is 9.77. The summed E-state index contributed by atoms with van der Waals surface area (Å²) in [5.74, 6) is -1.50. The van der Waals surface area contributed by atoms with Gasteiger partial charge in [0.05, 0.1) is 0 Å². The Labute approximate surface area is 99.2 Å². The maximum atomic E-state index is 11.1. The number of carbonyl (C=O) groups excluding carboxylic acids is 1. The molecule has 0 spiro atoms. The highest BCUT2D eigenvalue weighted by atomic mass is 16.5. The van der Waals surface area contributed by atoms with Crippen molar-refractivity contribution in [2.45, 2.75) is 26.4 Å². The van der Waals surface area contributed by atoms with Crippen LogP contribution in [-0.2, 0) is 4.79 Å². The van der Waals surface area contributed by atoms with E-state index < -0.39 is 18.0 Å². The van der Waals surface area contributed by atoms with Gasteiger partial charge in [-0.2, -0.15) is 0 Å². The summed E-state index contributed by atoms with van der Waals surface area (Å²) in [5.41, 5.74) is 5.85. The van der Waals surface area contributed by atoms with E-state index in [0.717, 1.165) is 0 Å². The van der Waals surface area contributed by atoms with Crippen molar-refractivity contribution in [3.63, 3.8) is 0 Å². The Morgan fingerprint density at radius 3 is 2.59 bits per heavy atom. The van der Waals surface area contributed by atoms with Gasteiger partial charge in [0, 0.05) is 0 Å². The van der Waals surface area contributed by atoms with Crippen LogP contribution in [0.1, 0.15) is 29.3 Å². The molecule has 5 heteroatoms. The SMILES string of the molecule is CCC(Oc1c(C)cccc1C(=O)O)C(N)=O. The van der Waals surface area contributed by atoms with E-state index in [1.54, 1.807) is 26.0 Å². The Hall–Kier alpha value is -2.04. The monoisotopic (exact) mass is 237 g/mol. The second-order valence-corrected chi connectivity index (χ2v) is 3.67. The van der Waals surface area contributed by atoms with E-state index in [1.165, 1.54) is 6.07 Å². The lowest BCUT2D eigenvalue weighted by molar-refractivity contribution is -0.124. The first kappa shape index (κ1) is 13.0. The zero-order chi connectivity index (χ0) is 13.0. The minimum atomic E-state index is -1.09. The van der Waals surface area contributed by atoms with E-state index in [0.29, 0.717) is 12.0 Å². The molecule has 0 saturated heterocycles. The number of hydrogen-bond acceptors (Lipinski definition) is 3. The summed E-state index contributed by atoms with van der Waals surface area (Å²) >= 11 is 0. The Bertz CT molecular complexity index is 442. The molecule has 92 valence electrons. The molecule has 1 atom stereocenters. The lowest BCUT2D eigenvalue weighted by Gasteiger charge is -2.17. The number of aryl methyl sites for hydroxylation is 1. The van der Waals surface area contributed by atoms with E-state index in [9.17, 15) is 9.59 Å². The number of amides is 1. The van der Waals surface area contributed by atoms with Crippen molar-refractivity contribution in [1.82, 2.24) is 0 Å². The molecule has 0 aliphatic carbocycles. The molecule has 0 bridgehead atoms. The third-order valence-electron chi connectivity index (χ3n) is 2.39. The summed E-state index contributed by atoms with van der Waals surface area (Å²) in [6.45, 7) is 3.46. The number of para-hydroxylation sites is 1. The molecule has 1 unspecified atom stereocenters. The van der Waals surface area contributed by atoms with Crippen LogP contribution < -0.4 is 10.5 Å². The standard InChI is InChI=1S/C12H15NO4/c1-3-9(11(13)14)17-10-7(2)5-4-6-8(10)12(15)16/h4-6,9H,3H2,1-2H3,(H2,13,14)(H,15,16). The summed E-state index contributed by atoms with van der Waals surface area (Å²) in [7, 11) is 0. The quantitative estimate of drug-likeness (QED) is 0.808. The minimum Gasteiger partial charge on any atom is -0.479 e. The molecule has 1 aromatic rings. The summed E-state index contributed by atoms with van der Waals surface area (Å²) in [6.07, 6.45) is -0.419. The molecule has 17 heavy (non-hydrogen) atoms. The third-order valence-corrected chi connectivity index (χ3v) is 2.39. The van der Waals surface area contributed by atoms with E-state index in [1.807, 2.05) is 0 Å². The van der Waals surface area contributed by atoms with Crippen LogP contribution in [0, 0.1) is 6.92 Å². The van der Waals surface area contributed by atoms with Gasteiger partial charge in [-0.05, 0) is 25.0 Å². The molecule has 1 rings (SSSR count). The van der Waals surface area contributed by atoms with Gasteiger partial charge in [-0.3, -0.25) is 4.79 Å². The number of carboxylic acids is 1. The van der Waals surface area contributed by atoms with Gasteiger partial charge in [0.1, 0.15) is 11.3 Å². The average Bonchev–Trinajstić information content (AvgIpc) is 2.26. The number of hydrogen-bond donors (Lipinski definition) is 2. The second kappa shape index (κ2) is 5.34. The normalized spacial score (nSPS) is 11.9. The Morgan fingerprint density at radius 1 is 1.47 bits per heavy atom. The summed E-state index contributed by atoms with van der Waals surface area (Å²) in [5, 5.41) is 9.02. The van der Waals surface area contributed by atoms with Crippen LogP contribution >= 0.6 is 0 Å². The minimum absolute atomic E-state index is 0.0321. The third kappa shape index (κ3) is 2.96. The van der Waals surface area contributed by atoms with Gasteiger partial charge in [-0.25, -0.2) is 4.79 Å². The number of aromatic carboxylic acids is 1. The highest BCUT2D eigenvalue weighted by Gasteiger charge is 2.20. The number of carbonyl (C=O) groups is 2. The van der Waals surface area contributed by atoms with Crippen LogP contribution in [0.5, 0.6) is 5.75 Å². The highest BCUT2D eigenvalue weighted by Crippen LogP contribution is 2.25. The van der Waals surface area contributed by atoms with Gasteiger partial charge >= 0.3 is 5.97 Å². The topological polar surface area (TPSA) is 89.6 Å². The molecule has 1 amide bonds. The fourth-order valence-electron chi connectivity index (χ4n) is 1.46. The highest BCUT2D eigenvalue weighted by molar-refractivity contribution is 5.91. The van der Waals surface area contributed by atoms with Crippen LogP contribution in [0.15, 0.2) is 18.2 Å².